The smallest absolute Gasteiger partial charge is 0.243 e. The molecule has 8 atom stereocenters. The molecule has 1 unspecified atom stereocenters. The van der Waals surface area contributed by atoms with Gasteiger partial charge in [-0.05, 0) is 55.2 Å². The van der Waals surface area contributed by atoms with Crippen LogP contribution in [0.15, 0.2) is 24.3 Å². The van der Waals surface area contributed by atoms with Crippen LogP contribution in [0, 0.1) is 11.8 Å². The maximum Gasteiger partial charge on any atom is 0.243 e. The average Bonchev–Trinajstić information content (AvgIpc) is 3.83. The second-order valence-corrected chi connectivity index (χ2v) is 20.5. The van der Waals surface area contributed by atoms with E-state index in [0.717, 1.165) is 10.8 Å². The van der Waals surface area contributed by atoms with Gasteiger partial charge >= 0.3 is 0 Å². The number of phenols is 1. The molecule has 0 bridgehead atoms. The highest BCUT2D eigenvalue weighted by Gasteiger charge is 2.38. The molecule has 2 saturated heterocycles. The summed E-state index contributed by atoms with van der Waals surface area (Å²) in [6.45, 7) is 6.26. The van der Waals surface area contributed by atoms with E-state index in [1.807, 2.05) is 13.8 Å². The SMILES string of the molecule is CC[C@H](C)[C@@H]1NC(=O)[C@H](Cc2ccc(O)cc2)NC(=O)CCSSC[C@@H](C(=O)N(CC(=O)N[C@@H](CC(C)C)C(=O)NCC(N)=O)CC2CCCO2)NN[C@@H](CC(N)=O)C(=O)C(=O)[C@H](CCC(N)=O)NC1=O. The quantitative estimate of drug-likeness (QED) is 0.0474. The molecule has 394 valence electrons. The van der Waals surface area contributed by atoms with Crippen LogP contribution in [-0.4, -0.2) is 155 Å². The van der Waals surface area contributed by atoms with Crippen LogP contribution in [0.3, 0.4) is 0 Å². The molecule has 9 amide bonds. The normalized spacial score (nSPS) is 23.0. The van der Waals surface area contributed by atoms with Crippen molar-refractivity contribution in [2.45, 2.75) is 128 Å². The minimum absolute atomic E-state index is 0.0341. The molecule has 2 aliphatic rings. The molecular formula is C45H69N11O13S2. The fourth-order valence-electron chi connectivity index (χ4n) is 7.46. The van der Waals surface area contributed by atoms with E-state index in [4.69, 9.17) is 21.9 Å². The lowest BCUT2D eigenvalue weighted by Crippen LogP contribution is -2.61. The molecule has 3 rings (SSSR count). The number of nitrogens with two attached hydrogens (primary N) is 3. The van der Waals surface area contributed by atoms with Gasteiger partial charge in [0.05, 0.1) is 37.7 Å². The molecule has 0 spiro atoms. The van der Waals surface area contributed by atoms with Gasteiger partial charge in [-0.15, -0.1) is 0 Å². The first kappa shape index (κ1) is 59.5. The topological polar surface area (TPSA) is 383 Å². The highest BCUT2D eigenvalue weighted by atomic mass is 33.1. The molecule has 1 aromatic carbocycles. The number of benzene rings is 1. The maximum atomic E-state index is 14.7. The Bertz CT molecular complexity index is 2060. The predicted octanol–water partition coefficient (Wildman–Crippen LogP) is -2.53. The standard InChI is InChI=1S/C45H69N11O13S2/c1-5-25(4)39-44(67)52-29(12-13-34(46)58)40(63)41(64)30(19-35(47)59)54-55-33(23-71-70-16-14-37(61)50-32(43(66)53-39)18-26-8-10-27(57)11-9-26)45(68)56(21-28-7-6-15-69-28)22-38(62)51-31(17-24(2)3)42(65)49-20-36(48)60/h8-11,24-25,28-33,39,54-55,57H,5-7,12-23H2,1-4H3,(H2,46,58)(H2,47,59)(H2,48,60)(H,49,65)(H,50,61)(H,51,62)(H,52,67)(H,53,66)/t25-,28?,29-,30-,31-,32-,33-,39-/m0/s1. The van der Waals surface area contributed by atoms with E-state index in [9.17, 15) is 57.8 Å². The monoisotopic (exact) mass is 1040 g/mol. The second kappa shape index (κ2) is 30.1. The number of ether oxygens (including phenoxy) is 1. The number of aromatic hydroxyl groups is 1. The minimum atomic E-state index is -1.76. The zero-order valence-corrected chi connectivity index (χ0v) is 42.1. The second-order valence-electron chi connectivity index (χ2n) is 17.9. The van der Waals surface area contributed by atoms with E-state index in [1.165, 1.54) is 27.8 Å². The Kier molecular flexibility index (Phi) is 25.3. The van der Waals surface area contributed by atoms with Crippen LogP contribution in [0.4, 0.5) is 0 Å². The number of amides is 9. The number of Topliss-reactive ketones (excluding diaryl/α,β-unsaturated/α-hetero) is 2. The predicted molar refractivity (Wildman–Crippen MR) is 262 cm³/mol. The van der Waals surface area contributed by atoms with Gasteiger partial charge in [-0.1, -0.05) is 67.8 Å². The summed E-state index contributed by atoms with van der Waals surface area (Å²) in [5.41, 5.74) is 22.0. The number of ketones is 2. The lowest BCUT2D eigenvalue weighted by molar-refractivity contribution is -0.142. The van der Waals surface area contributed by atoms with E-state index >= 15 is 0 Å². The van der Waals surface area contributed by atoms with Crippen molar-refractivity contribution in [1.82, 2.24) is 42.3 Å². The number of hydrogen-bond donors (Lipinski definition) is 11. The summed E-state index contributed by atoms with van der Waals surface area (Å²) < 4.78 is 5.81. The van der Waals surface area contributed by atoms with Gasteiger partial charge in [0.1, 0.15) is 29.9 Å². The summed E-state index contributed by atoms with van der Waals surface area (Å²) in [6.07, 6.45) is -0.701. The highest BCUT2D eigenvalue weighted by Crippen LogP contribution is 2.24. The first-order valence-corrected chi connectivity index (χ1v) is 25.9. The number of nitrogens with zero attached hydrogens (tertiary/aromatic N) is 1. The molecule has 2 fully saturated rings. The maximum absolute atomic E-state index is 14.7. The van der Waals surface area contributed by atoms with Crippen molar-refractivity contribution in [3.63, 3.8) is 0 Å². The minimum Gasteiger partial charge on any atom is -0.508 e. The summed E-state index contributed by atoms with van der Waals surface area (Å²) >= 11 is 0. The first-order chi connectivity index (χ1) is 33.6. The molecule has 0 saturated carbocycles. The van der Waals surface area contributed by atoms with Crippen LogP contribution in [-0.2, 0) is 63.9 Å². The number of hydrazine groups is 1. The molecule has 2 aliphatic heterocycles. The van der Waals surface area contributed by atoms with Gasteiger partial charge in [-0.25, -0.2) is 10.9 Å². The fraction of sp³-hybridized carbons (Fsp3) is 0.622. The van der Waals surface area contributed by atoms with E-state index in [1.54, 1.807) is 26.0 Å². The average molecular weight is 1040 g/mol. The van der Waals surface area contributed by atoms with Crippen LogP contribution in [0.1, 0.15) is 84.6 Å². The first-order valence-electron chi connectivity index (χ1n) is 23.4. The summed E-state index contributed by atoms with van der Waals surface area (Å²) in [5, 5.41) is 22.8. The van der Waals surface area contributed by atoms with Crippen LogP contribution in [0.5, 0.6) is 5.75 Å². The summed E-state index contributed by atoms with van der Waals surface area (Å²) in [4.78, 5) is 148. The van der Waals surface area contributed by atoms with Crippen LogP contribution in [0.2, 0.25) is 0 Å². The number of phenolic OH excluding ortho intramolecular Hbond substituents is 1. The summed E-state index contributed by atoms with van der Waals surface area (Å²) in [6, 6.07) is -2.59. The number of nitrogens with one attached hydrogen (secondary N) is 7. The molecule has 71 heavy (non-hydrogen) atoms. The third-order valence-electron chi connectivity index (χ3n) is 11.4. The van der Waals surface area contributed by atoms with Crippen molar-refractivity contribution in [3.05, 3.63) is 29.8 Å². The molecular weight excluding hydrogens is 967 g/mol. The van der Waals surface area contributed by atoms with E-state index in [-0.39, 0.29) is 49.0 Å². The fourth-order valence-corrected chi connectivity index (χ4v) is 9.60. The molecule has 0 aliphatic carbocycles. The van der Waals surface area contributed by atoms with Gasteiger partial charge in [-0.2, -0.15) is 0 Å². The number of carbonyl (C=O) groups excluding carboxylic acids is 11. The Morgan fingerprint density at radius 1 is 0.859 bits per heavy atom. The van der Waals surface area contributed by atoms with Crippen molar-refractivity contribution in [3.8, 4) is 5.75 Å². The summed E-state index contributed by atoms with van der Waals surface area (Å²) in [7, 11) is 2.28. The molecule has 2 heterocycles. The third kappa shape index (κ3) is 21.2. The zero-order chi connectivity index (χ0) is 52.8. The zero-order valence-electron chi connectivity index (χ0n) is 40.5. The van der Waals surface area contributed by atoms with Gasteiger partial charge in [-0.3, -0.25) is 52.7 Å². The Morgan fingerprint density at radius 3 is 2.15 bits per heavy atom. The van der Waals surface area contributed by atoms with Crippen molar-refractivity contribution < 1.29 is 62.6 Å². The lowest BCUT2D eigenvalue weighted by Gasteiger charge is -2.31. The third-order valence-corrected chi connectivity index (χ3v) is 13.9. The summed E-state index contributed by atoms with van der Waals surface area (Å²) in [5.74, 6) is -10.3. The van der Waals surface area contributed by atoms with Gasteiger partial charge in [0.2, 0.25) is 64.7 Å². The van der Waals surface area contributed by atoms with Crippen LogP contribution >= 0.6 is 21.6 Å². The van der Waals surface area contributed by atoms with Crippen LogP contribution < -0.4 is 54.6 Å². The molecule has 26 heteroatoms. The van der Waals surface area contributed by atoms with Crippen LogP contribution in [0.25, 0.3) is 0 Å². The van der Waals surface area contributed by atoms with Crippen molar-refractivity contribution in [2.24, 2.45) is 29.0 Å². The van der Waals surface area contributed by atoms with Crippen molar-refractivity contribution in [1.29, 1.82) is 0 Å². The Morgan fingerprint density at radius 2 is 1.55 bits per heavy atom. The van der Waals surface area contributed by atoms with E-state index in [2.05, 4.69) is 37.4 Å². The molecule has 1 aromatic rings. The number of rotatable bonds is 20. The van der Waals surface area contributed by atoms with Crippen molar-refractivity contribution in [2.75, 3.05) is 37.7 Å². The molecule has 24 nitrogen and oxygen atoms in total. The molecule has 0 aromatic heterocycles. The Hall–Kier alpha value is -5.83. The van der Waals surface area contributed by atoms with Gasteiger partial charge in [0.15, 0.2) is 0 Å². The van der Waals surface area contributed by atoms with Gasteiger partial charge in [0.25, 0.3) is 0 Å². The number of hydrogen-bond acceptors (Lipinski definition) is 17. The van der Waals surface area contributed by atoms with E-state index < -0.39 is 145 Å². The highest BCUT2D eigenvalue weighted by molar-refractivity contribution is 8.76. The largest absolute Gasteiger partial charge is 0.508 e. The number of primary amides is 3. The molecule has 0 radical (unpaired) electrons. The number of carbonyl (C=O) groups is 11. The Balaban J connectivity index is 2.06. The van der Waals surface area contributed by atoms with Crippen molar-refractivity contribution >= 4 is 86.3 Å². The Labute approximate surface area is 420 Å². The van der Waals surface area contributed by atoms with E-state index in [0.29, 0.717) is 31.4 Å². The van der Waals surface area contributed by atoms with Gasteiger partial charge < -0.3 is 58.5 Å². The lowest BCUT2D eigenvalue weighted by atomic mass is 9.94. The molecule has 14 N–H and O–H groups in total. The van der Waals surface area contributed by atoms with Gasteiger partial charge in [0, 0.05) is 43.9 Å².